The molecule has 0 aliphatic carbocycles. The Hall–Kier alpha value is 0.117. The van der Waals surface area contributed by atoms with Crippen molar-refractivity contribution in [1.29, 1.82) is 0 Å². The van der Waals surface area contributed by atoms with Gasteiger partial charge in [0.05, 0.1) is 0 Å². The van der Waals surface area contributed by atoms with Crippen LogP contribution in [0, 0.1) is 39.7 Å². The van der Waals surface area contributed by atoms with Gasteiger partial charge in [-0.15, -0.1) is 0 Å². The third-order valence-electron chi connectivity index (χ3n) is 1.34. The second-order valence-electron chi connectivity index (χ2n) is 2.18. The molecule has 0 bridgehead atoms. The van der Waals surface area contributed by atoms with Crippen molar-refractivity contribution in [2.75, 3.05) is 0 Å². The quantitative estimate of drug-likeness (QED) is 0.745. The molecule has 1 unspecified atom stereocenters. The van der Waals surface area contributed by atoms with Crippen LogP contribution in [0.1, 0.15) is 0 Å². The van der Waals surface area contributed by atoms with E-state index in [0.717, 1.165) is 0 Å². The first-order valence-corrected chi connectivity index (χ1v) is 9.27. The molecule has 3 N–H and O–H groups in total. The van der Waals surface area contributed by atoms with Crippen LogP contribution >= 0.6 is 0 Å². The minimum absolute atomic E-state index is 0.509. The number of hydrogen-bond acceptors (Lipinski definition) is 4. The zero-order valence-electron chi connectivity index (χ0n) is 5.77. The van der Waals surface area contributed by atoms with Crippen LogP contribution in [0.15, 0.2) is 31.5 Å². The third-order valence-corrected chi connectivity index (χ3v) is 5.93. The summed E-state index contributed by atoms with van der Waals surface area (Å²) in [7, 11) is 0. The van der Waals surface area contributed by atoms with Crippen molar-refractivity contribution in [3.8, 4) is 0 Å². The topological polar surface area (TPSA) is 75.7 Å². The molecule has 1 atom stereocenters. The molecular formula is C6H8CeN2O2. The van der Waals surface area contributed by atoms with Crippen molar-refractivity contribution in [1.82, 2.24) is 0 Å². The number of benzene rings is 1. The van der Waals surface area contributed by atoms with E-state index >= 15 is 0 Å². The molecule has 1 rings (SSSR count). The fraction of sp³-hybridized carbons (Fsp3) is 0. The Kier molecular flexibility index (Phi) is 3.08. The fourth-order valence-corrected chi connectivity index (χ4v) is 3.21. The Morgan fingerprint density at radius 3 is 2.36 bits per heavy atom. The van der Waals surface area contributed by atoms with E-state index in [0.29, 0.717) is 1.08 Å². The standard InChI is InChI=1S/C6H5.Ce.NO.H2N.H2O/c1-2-4-6-5-3-1;;1-2;;/h1-5H;;;2*1H2/q;+3;2*-1;/p-1. The van der Waals surface area contributed by atoms with E-state index in [-0.39, 0.29) is 0 Å². The average molecular weight is 280 g/mol. The number of hydrogen-bond donors (Lipinski definition) is 2. The van der Waals surface area contributed by atoms with Crippen LogP contribution in [0.2, 0.25) is 0 Å². The van der Waals surface area contributed by atoms with E-state index < -0.39 is 34.7 Å². The molecule has 58 valence electrons. The Morgan fingerprint density at radius 2 is 1.91 bits per heavy atom. The molecule has 0 aliphatic rings. The van der Waals surface area contributed by atoms with E-state index in [9.17, 15) is 6.23 Å². The summed E-state index contributed by atoms with van der Waals surface area (Å²) in [6.07, 6.45) is 0. The van der Waals surface area contributed by atoms with Crippen LogP contribution in [0.4, 0.5) is 0 Å². The predicted octanol–water partition coefficient (Wildman–Crippen LogP) is -0.0693. The van der Waals surface area contributed by atoms with Gasteiger partial charge in [0.2, 0.25) is 0 Å². The first-order chi connectivity index (χ1) is 5.17. The fourth-order valence-electron chi connectivity index (χ4n) is 0.736. The molecule has 0 radical (unpaired) electrons. The molecule has 0 aliphatic heterocycles. The van der Waals surface area contributed by atoms with Gasteiger partial charge in [-0.05, 0) is 0 Å². The zero-order valence-corrected chi connectivity index (χ0v) is 8.91. The Morgan fingerprint density at radius 1 is 1.36 bits per heavy atom. The van der Waals surface area contributed by atoms with Crippen LogP contribution in [-0.2, 0) is 0 Å². The van der Waals surface area contributed by atoms with Gasteiger partial charge in [0.1, 0.15) is 0 Å². The van der Waals surface area contributed by atoms with E-state index in [4.69, 9.17) is 1.70 Å². The van der Waals surface area contributed by atoms with Gasteiger partial charge in [-0.2, -0.15) is 0 Å². The second kappa shape index (κ2) is 3.68. The first kappa shape index (κ1) is 9.21. The van der Waals surface area contributed by atoms with Gasteiger partial charge < -0.3 is 0 Å². The average Bonchev–Trinajstić information content (AvgIpc) is 2.06. The molecule has 11 heavy (non-hydrogen) atoms. The summed E-state index contributed by atoms with van der Waals surface area (Å²) in [6, 6.07) is 8.49. The van der Waals surface area contributed by atoms with Crippen molar-refractivity contribution >= 4 is 1.08 Å². The van der Waals surface area contributed by atoms with Crippen LogP contribution < -0.4 is 2.78 Å². The molecule has 0 amide bonds. The molecule has 0 saturated carbocycles. The summed E-state index contributed by atoms with van der Waals surface area (Å²) in [4.78, 5) is 10.1. The second-order valence-corrected chi connectivity index (χ2v) is 9.13. The van der Waals surface area contributed by atoms with Crippen molar-refractivity contribution in [3.63, 3.8) is 0 Å². The predicted molar refractivity (Wildman–Crippen MR) is 38.3 cm³/mol. The number of nitrogens with two attached hydrogens (primary N) is 1. The Labute approximate surface area is 74.4 Å². The maximum atomic E-state index is 10.1. The minimum atomic E-state index is -4.32. The molecule has 1 aromatic rings. The van der Waals surface area contributed by atoms with Crippen LogP contribution in [0.25, 0.3) is 0 Å². The summed E-state index contributed by atoms with van der Waals surface area (Å²) in [5.41, 5.74) is 0. The Bertz CT molecular complexity index is 250. The first-order valence-electron chi connectivity index (χ1n) is 3.08. The SMILES string of the molecule is [NH2][Ce]([OH])([N]=O)[c]1ccccc1. The van der Waals surface area contributed by atoms with Crippen LogP contribution in [-0.4, -0.2) is 1.32 Å². The van der Waals surface area contributed by atoms with Gasteiger partial charge in [-0.1, -0.05) is 0 Å². The van der Waals surface area contributed by atoms with Crippen molar-refractivity contribution in [2.24, 2.45) is 2.84 Å². The number of rotatable bonds is 2. The Balaban J connectivity index is 3.02. The van der Waals surface area contributed by atoms with Gasteiger partial charge in [0.15, 0.2) is 0 Å². The summed E-state index contributed by atoms with van der Waals surface area (Å²) in [6.45, 7) is 0. The molecule has 1 aromatic carbocycles. The monoisotopic (exact) mass is 280 g/mol. The molecule has 0 heterocycles. The van der Waals surface area contributed by atoms with E-state index in [1.54, 1.807) is 30.3 Å². The van der Waals surface area contributed by atoms with E-state index in [1.165, 1.54) is 0 Å². The van der Waals surface area contributed by atoms with Crippen molar-refractivity contribution < 1.29 is 36.1 Å². The van der Waals surface area contributed by atoms with Gasteiger partial charge in [-0.3, -0.25) is 0 Å². The molecule has 0 fully saturated rings. The van der Waals surface area contributed by atoms with E-state index in [2.05, 4.69) is 1.14 Å². The van der Waals surface area contributed by atoms with Crippen molar-refractivity contribution in [3.05, 3.63) is 35.2 Å². The van der Waals surface area contributed by atoms with Crippen LogP contribution in [0.5, 0.6) is 0 Å². The number of nitroso groups, excluding NO2 is 1. The normalized spacial score (nSPS) is 15.5. The third kappa shape index (κ3) is 2.27. The van der Waals surface area contributed by atoms with Gasteiger partial charge in [-0.25, -0.2) is 0 Å². The van der Waals surface area contributed by atoms with Gasteiger partial charge in [0.25, 0.3) is 0 Å². The number of nitrogens with zero attached hydrogens (tertiary/aromatic N) is 1. The molecule has 4 nitrogen and oxygen atoms in total. The molecule has 0 spiro atoms. The molecule has 5 heteroatoms. The zero-order chi connectivity index (χ0) is 8.32. The van der Waals surface area contributed by atoms with Crippen LogP contribution in [0.3, 0.4) is 0 Å². The van der Waals surface area contributed by atoms with Gasteiger partial charge in [0, 0.05) is 0 Å². The van der Waals surface area contributed by atoms with Crippen molar-refractivity contribution in [2.45, 2.75) is 0 Å². The summed E-state index contributed by atoms with van der Waals surface area (Å²) in [5, 5.41) is 0. The summed E-state index contributed by atoms with van der Waals surface area (Å²) < 4.78 is 17.8. The maximum absolute atomic E-state index is 10.1. The van der Waals surface area contributed by atoms with E-state index in [1.807, 2.05) is 0 Å². The molecular weight excluding hydrogens is 272 g/mol. The molecule has 0 saturated heterocycles. The van der Waals surface area contributed by atoms with Gasteiger partial charge >= 0.3 is 75.2 Å². The molecule has 0 aromatic heterocycles. The summed E-state index contributed by atoms with van der Waals surface area (Å²) >= 11 is -4.32. The summed E-state index contributed by atoms with van der Waals surface area (Å²) in [5.74, 6) is 0.